The second-order valence-corrected chi connectivity index (χ2v) is 5.60. The highest BCUT2D eigenvalue weighted by Crippen LogP contribution is 2.18. The standard InChI is InChI=1S/C16H24N2O/c1-12-4-3-5-15(10-12)13(2)18-16(19)11-14-6-8-17-9-7-14/h3-5,10,13-14,17H,6-9,11H2,1-2H3,(H,18,19)/t13-/m0/s1. The van der Waals surface area contributed by atoms with Gasteiger partial charge in [0.25, 0.3) is 0 Å². The lowest BCUT2D eigenvalue weighted by Gasteiger charge is -2.23. The van der Waals surface area contributed by atoms with Gasteiger partial charge in [0.15, 0.2) is 0 Å². The summed E-state index contributed by atoms with van der Waals surface area (Å²) in [5.41, 5.74) is 2.41. The van der Waals surface area contributed by atoms with Gasteiger partial charge >= 0.3 is 0 Å². The topological polar surface area (TPSA) is 41.1 Å². The van der Waals surface area contributed by atoms with Crippen LogP contribution in [0.2, 0.25) is 0 Å². The molecule has 1 aliphatic heterocycles. The van der Waals surface area contributed by atoms with Crippen molar-refractivity contribution in [3.8, 4) is 0 Å². The average molecular weight is 260 g/mol. The second kappa shape index (κ2) is 6.71. The highest BCUT2D eigenvalue weighted by atomic mass is 16.1. The molecule has 1 aromatic rings. The summed E-state index contributed by atoms with van der Waals surface area (Å²) in [6.45, 7) is 6.22. The predicted octanol–water partition coefficient (Wildman–Crippen LogP) is 2.56. The van der Waals surface area contributed by atoms with E-state index in [9.17, 15) is 4.79 Å². The van der Waals surface area contributed by atoms with Crippen LogP contribution >= 0.6 is 0 Å². The van der Waals surface area contributed by atoms with Crippen LogP contribution in [-0.2, 0) is 4.79 Å². The molecule has 0 aliphatic carbocycles. The number of aryl methyl sites for hydroxylation is 1. The minimum absolute atomic E-state index is 0.0918. The molecule has 1 aromatic carbocycles. The molecule has 2 N–H and O–H groups in total. The van der Waals surface area contributed by atoms with Crippen LogP contribution in [0.4, 0.5) is 0 Å². The van der Waals surface area contributed by atoms with Crippen LogP contribution in [0.5, 0.6) is 0 Å². The molecule has 0 spiro atoms. The lowest BCUT2D eigenvalue weighted by Crippen LogP contribution is -2.33. The highest BCUT2D eigenvalue weighted by molar-refractivity contribution is 5.76. The Bertz CT molecular complexity index is 425. The Balaban J connectivity index is 1.84. The van der Waals surface area contributed by atoms with E-state index in [0.29, 0.717) is 12.3 Å². The number of rotatable bonds is 4. The second-order valence-electron chi connectivity index (χ2n) is 5.60. The van der Waals surface area contributed by atoms with Crippen molar-refractivity contribution >= 4 is 5.91 Å². The molecule has 1 atom stereocenters. The summed E-state index contributed by atoms with van der Waals surface area (Å²) in [5.74, 6) is 0.729. The Hall–Kier alpha value is -1.35. The molecular weight excluding hydrogens is 236 g/mol. The average Bonchev–Trinajstić information content (AvgIpc) is 2.39. The van der Waals surface area contributed by atoms with Gasteiger partial charge < -0.3 is 10.6 Å². The number of carbonyl (C=O) groups is 1. The van der Waals surface area contributed by atoms with Crippen LogP contribution < -0.4 is 10.6 Å². The zero-order valence-corrected chi connectivity index (χ0v) is 11.9. The van der Waals surface area contributed by atoms with Gasteiger partial charge in [-0.15, -0.1) is 0 Å². The maximum Gasteiger partial charge on any atom is 0.220 e. The molecule has 19 heavy (non-hydrogen) atoms. The summed E-state index contributed by atoms with van der Waals surface area (Å²) in [7, 11) is 0. The number of hydrogen-bond donors (Lipinski definition) is 2. The van der Waals surface area contributed by atoms with E-state index in [4.69, 9.17) is 0 Å². The number of hydrogen-bond acceptors (Lipinski definition) is 2. The molecule has 3 heteroatoms. The largest absolute Gasteiger partial charge is 0.350 e. The summed E-state index contributed by atoms with van der Waals surface area (Å²) in [6, 6.07) is 8.42. The summed E-state index contributed by atoms with van der Waals surface area (Å²) in [6.07, 6.45) is 2.90. The third-order valence-corrected chi connectivity index (χ3v) is 3.85. The van der Waals surface area contributed by atoms with Crippen LogP contribution in [-0.4, -0.2) is 19.0 Å². The first-order valence-corrected chi connectivity index (χ1v) is 7.22. The van der Waals surface area contributed by atoms with Crippen molar-refractivity contribution in [1.82, 2.24) is 10.6 Å². The van der Waals surface area contributed by atoms with Gasteiger partial charge in [0.2, 0.25) is 5.91 Å². The molecule has 3 nitrogen and oxygen atoms in total. The number of amides is 1. The van der Waals surface area contributed by atoms with Crippen LogP contribution in [0.15, 0.2) is 24.3 Å². The van der Waals surface area contributed by atoms with Gasteiger partial charge in [0.1, 0.15) is 0 Å². The molecule has 1 amide bonds. The fourth-order valence-corrected chi connectivity index (χ4v) is 2.67. The maximum absolute atomic E-state index is 12.0. The van der Waals surface area contributed by atoms with Crippen molar-refractivity contribution in [2.45, 2.75) is 39.2 Å². The third-order valence-electron chi connectivity index (χ3n) is 3.85. The van der Waals surface area contributed by atoms with Gasteiger partial charge in [-0.05, 0) is 51.3 Å². The van der Waals surface area contributed by atoms with Crippen LogP contribution in [0.3, 0.4) is 0 Å². The van der Waals surface area contributed by atoms with Gasteiger partial charge in [0.05, 0.1) is 6.04 Å². The van der Waals surface area contributed by atoms with E-state index in [-0.39, 0.29) is 11.9 Å². The van der Waals surface area contributed by atoms with Gasteiger partial charge in [-0.1, -0.05) is 29.8 Å². The molecule has 0 unspecified atom stereocenters. The van der Waals surface area contributed by atoms with Crippen LogP contribution in [0.1, 0.15) is 43.4 Å². The smallest absolute Gasteiger partial charge is 0.220 e. The van der Waals surface area contributed by atoms with Crippen molar-refractivity contribution in [1.29, 1.82) is 0 Å². The molecule has 2 rings (SSSR count). The predicted molar refractivity (Wildman–Crippen MR) is 77.9 cm³/mol. The third kappa shape index (κ3) is 4.35. The normalized spacial score (nSPS) is 18.0. The molecule has 1 fully saturated rings. The Morgan fingerprint density at radius 1 is 1.42 bits per heavy atom. The Kier molecular flexibility index (Phi) is 4.97. The van der Waals surface area contributed by atoms with E-state index in [1.165, 1.54) is 11.1 Å². The molecule has 1 saturated heterocycles. The van der Waals surface area contributed by atoms with Crippen molar-refractivity contribution < 1.29 is 4.79 Å². The summed E-state index contributed by atoms with van der Waals surface area (Å²) >= 11 is 0. The van der Waals surface area contributed by atoms with Crippen LogP contribution in [0.25, 0.3) is 0 Å². The number of piperidine rings is 1. The minimum Gasteiger partial charge on any atom is -0.350 e. The highest BCUT2D eigenvalue weighted by Gasteiger charge is 2.18. The zero-order valence-electron chi connectivity index (χ0n) is 11.9. The number of nitrogens with one attached hydrogen (secondary N) is 2. The van der Waals surface area contributed by atoms with Gasteiger partial charge in [-0.2, -0.15) is 0 Å². The number of carbonyl (C=O) groups excluding carboxylic acids is 1. The van der Waals surface area contributed by atoms with E-state index < -0.39 is 0 Å². The van der Waals surface area contributed by atoms with E-state index in [2.05, 4.69) is 42.7 Å². The Morgan fingerprint density at radius 3 is 2.84 bits per heavy atom. The number of benzene rings is 1. The molecule has 0 radical (unpaired) electrons. The first-order chi connectivity index (χ1) is 9.15. The van der Waals surface area contributed by atoms with E-state index in [0.717, 1.165) is 25.9 Å². The first kappa shape index (κ1) is 14.1. The molecule has 0 bridgehead atoms. The fraction of sp³-hybridized carbons (Fsp3) is 0.562. The van der Waals surface area contributed by atoms with Crippen molar-refractivity contribution in [3.63, 3.8) is 0 Å². The van der Waals surface area contributed by atoms with Gasteiger partial charge in [-0.3, -0.25) is 4.79 Å². The van der Waals surface area contributed by atoms with E-state index >= 15 is 0 Å². The van der Waals surface area contributed by atoms with Crippen molar-refractivity contribution in [3.05, 3.63) is 35.4 Å². The van der Waals surface area contributed by atoms with E-state index in [1.807, 2.05) is 6.07 Å². The fourth-order valence-electron chi connectivity index (χ4n) is 2.67. The van der Waals surface area contributed by atoms with Gasteiger partial charge in [0, 0.05) is 6.42 Å². The molecular formula is C16H24N2O. The summed E-state index contributed by atoms with van der Waals surface area (Å²) < 4.78 is 0. The Labute approximate surface area is 115 Å². The molecule has 0 saturated carbocycles. The molecule has 1 aliphatic rings. The van der Waals surface area contributed by atoms with Gasteiger partial charge in [-0.25, -0.2) is 0 Å². The first-order valence-electron chi connectivity index (χ1n) is 7.22. The Morgan fingerprint density at radius 2 is 2.16 bits per heavy atom. The van der Waals surface area contributed by atoms with Crippen molar-refractivity contribution in [2.24, 2.45) is 5.92 Å². The molecule has 0 aromatic heterocycles. The van der Waals surface area contributed by atoms with Crippen LogP contribution in [0, 0.1) is 12.8 Å². The monoisotopic (exact) mass is 260 g/mol. The maximum atomic E-state index is 12.0. The summed E-state index contributed by atoms with van der Waals surface area (Å²) in [5, 5.41) is 6.44. The van der Waals surface area contributed by atoms with Crippen molar-refractivity contribution in [2.75, 3.05) is 13.1 Å². The lowest BCUT2D eigenvalue weighted by molar-refractivity contribution is -0.122. The lowest BCUT2D eigenvalue weighted by atomic mass is 9.94. The molecule has 1 heterocycles. The molecule has 104 valence electrons. The quantitative estimate of drug-likeness (QED) is 0.873. The summed E-state index contributed by atoms with van der Waals surface area (Å²) in [4.78, 5) is 12.0. The SMILES string of the molecule is Cc1cccc([C@H](C)NC(=O)CC2CCNCC2)c1. The van der Waals surface area contributed by atoms with E-state index in [1.54, 1.807) is 0 Å². The zero-order chi connectivity index (χ0) is 13.7. The minimum atomic E-state index is 0.0918.